The third kappa shape index (κ3) is 2.80. The molecule has 3 nitrogen and oxygen atoms in total. The van der Waals surface area contributed by atoms with Crippen LogP contribution in [0.2, 0.25) is 5.02 Å². The summed E-state index contributed by atoms with van der Waals surface area (Å²) in [5, 5.41) is 8.26. The summed E-state index contributed by atoms with van der Waals surface area (Å²) < 4.78 is 12.8. The zero-order chi connectivity index (χ0) is 13.1. The van der Waals surface area contributed by atoms with Gasteiger partial charge in [0.15, 0.2) is 0 Å². The van der Waals surface area contributed by atoms with E-state index < -0.39 is 0 Å². The van der Waals surface area contributed by atoms with Crippen LogP contribution >= 0.6 is 23.4 Å². The van der Waals surface area contributed by atoms with E-state index in [-0.39, 0.29) is 11.7 Å². The number of hydrogen-bond donors (Lipinski definition) is 2. The van der Waals surface area contributed by atoms with Crippen LogP contribution < -0.4 is 5.73 Å². The predicted molar refractivity (Wildman–Crippen MR) is 70.8 cm³/mol. The van der Waals surface area contributed by atoms with Gasteiger partial charge in [-0.05, 0) is 30.3 Å². The Balaban J connectivity index is 2.32. The smallest absolute Gasteiger partial charge is 0.124 e. The quantitative estimate of drug-likeness (QED) is 0.670. The lowest BCUT2D eigenvalue weighted by atomic mass is 10.2. The molecule has 18 heavy (non-hydrogen) atoms. The molecule has 0 aliphatic heterocycles. The van der Waals surface area contributed by atoms with Crippen LogP contribution in [-0.4, -0.2) is 10.8 Å². The minimum Gasteiger partial charge on any atom is -0.384 e. The van der Waals surface area contributed by atoms with E-state index in [0.29, 0.717) is 15.6 Å². The highest BCUT2D eigenvalue weighted by Crippen LogP contribution is 2.33. The molecule has 0 atom stereocenters. The maximum Gasteiger partial charge on any atom is 0.124 e. The highest BCUT2D eigenvalue weighted by atomic mass is 35.5. The van der Waals surface area contributed by atoms with E-state index in [1.165, 1.54) is 30.1 Å². The lowest BCUT2D eigenvalue weighted by molar-refractivity contribution is 0.626. The normalized spacial score (nSPS) is 10.3. The summed E-state index contributed by atoms with van der Waals surface area (Å²) >= 11 is 7.40. The van der Waals surface area contributed by atoms with Gasteiger partial charge in [0.25, 0.3) is 0 Å². The van der Waals surface area contributed by atoms with Gasteiger partial charge in [0, 0.05) is 16.7 Å². The summed E-state index contributed by atoms with van der Waals surface area (Å²) in [5.41, 5.74) is 5.85. The SMILES string of the molecule is N=C(N)c1ccnc(Sc2ccc(F)cc2)c1Cl. The number of halogens is 2. The Morgan fingerprint density at radius 2 is 1.94 bits per heavy atom. The van der Waals surface area contributed by atoms with Gasteiger partial charge in [-0.15, -0.1) is 0 Å². The van der Waals surface area contributed by atoms with Crippen LogP contribution in [0.3, 0.4) is 0 Å². The number of nitrogen functional groups attached to an aromatic ring is 1. The Morgan fingerprint density at radius 3 is 2.56 bits per heavy atom. The predicted octanol–water partition coefficient (Wildman–Crippen LogP) is 3.31. The first-order valence-corrected chi connectivity index (χ1v) is 6.19. The first kappa shape index (κ1) is 12.9. The lowest BCUT2D eigenvalue weighted by Crippen LogP contribution is -2.12. The Bertz CT molecular complexity index is 586. The fourth-order valence-electron chi connectivity index (χ4n) is 1.32. The van der Waals surface area contributed by atoms with Gasteiger partial charge in [-0.25, -0.2) is 9.37 Å². The van der Waals surface area contributed by atoms with Gasteiger partial charge in [0.05, 0.1) is 5.02 Å². The second-order valence-corrected chi connectivity index (χ2v) is 4.89. The number of nitrogens with two attached hydrogens (primary N) is 1. The van der Waals surface area contributed by atoms with Crippen molar-refractivity contribution in [2.75, 3.05) is 0 Å². The number of pyridine rings is 1. The molecule has 3 N–H and O–H groups in total. The molecule has 0 aliphatic carbocycles. The fraction of sp³-hybridized carbons (Fsp3) is 0. The van der Waals surface area contributed by atoms with Gasteiger partial charge in [0.2, 0.25) is 0 Å². The molecule has 2 aromatic rings. The van der Waals surface area contributed by atoms with Crippen molar-refractivity contribution in [3.63, 3.8) is 0 Å². The zero-order valence-electron chi connectivity index (χ0n) is 9.15. The van der Waals surface area contributed by atoms with Gasteiger partial charge in [0.1, 0.15) is 16.7 Å². The van der Waals surface area contributed by atoms with Crippen LogP contribution in [0.4, 0.5) is 4.39 Å². The Hall–Kier alpha value is -1.59. The summed E-state index contributed by atoms with van der Waals surface area (Å²) in [6.07, 6.45) is 1.54. The molecule has 0 spiro atoms. The van der Waals surface area contributed by atoms with Crippen molar-refractivity contribution < 1.29 is 4.39 Å². The van der Waals surface area contributed by atoms with Crippen molar-refractivity contribution in [3.8, 4) is 0 Å². The van der Waals surface area contributed by atoms with Gasteiger partial charge < -0.3 is 5.73 Å². The van der Waals surface area contributed by atoms with Gasteiger partial charge in [-0.2, -0.15) is 0 Å². The van der Waals surface area contributed by atoms with E-state index in [4.69, 9.17) is 22.7 Å². The molecule has 0 bridgehead atoms. The van der Waals surface area contributed by atoms with E-state index in [9.17, 15) is 4.39 Å². The molecule has 0 aliphatic rings. The molecule has 1 aromatic carbocycles. The number of aromatic nitrogens is 1. The standard InChI is InChI=1S/C12H9ClFN3S/c13-10-9(11(15)16)5-6-17-12(10)18-8-3-1-7(14)2-4-8/h1-6H,(H3,15,16). The first-order valence-electron chi connectivity index (χ1n) is 5.00. The number of amidine groups is 1. The molecule has 2 rings (SSSR count). The maximum atomic E-state index is 12.8. The van der Waals surface area contributed by atoms with Crippen LogP contribution in [-0.2, 0) is 0 Å². The van der Waals surface area contributed by atoms with Crippen LogP contribution in [0, 0.1) is 11.2 Å². The molecule has 6 heteroatoms. The van der Waals surface area contributed by atoms with Crippen molar-refractivity contribution in [1.29, 1.82) is 5.41 Å². The van der Waals surface area contributed by atoms with E-state index in [0.717, 1.165) is 4.90 Å². The van der Waals surface area contributed by atoms with Crippen molar-refractivity contribution >= 4 is 29.2 Å². The van der Waals surface area contributed by atoms with Crippen LogP contribution in [0.15, 0.2) is 46.5 Å². The van der Waals surface area contributed by atoms with Crippen molar-refractivity contribution in [2.45, 2.75) is 9.92 Å². The number of rotatable bonds is 3. The average Bonchev–Trinajstić information content (AvgIpc) is 2.34. The number of nitrogens with one attached hydrogen (secondary N) is 1. The minimum absolute atomic E-state index is 0.108. The monoisotopic (exact) mass is 281 g/mol. The van der Waals surface area contributed by atoms with E-state index in [1.807, 2.05) is 0 Å². The second-order valence-electron chi connectivity index (χ2n) is 3.45. The molecule has 0 amide bonds. The highest BCUT2D eigenvalue weighted by Gasteiger charge is 2.10. The minimum atomic E-state index is -0.295. The Labute approximate surface area is 113 Å². The molecule has 92 valence electrons. The number of benzene rings is 1. The van der Waals surface area contributed by atoms with Gasteiger partial charge >= 0.3 is 0 Å². The molecule has 0 fully saturated rings. The summed E-state index contributed by atoms with van der Waals surface area (Å²) in [5.74, 6) is -0.403. The summed E-state index contributed by atoms with van der Waals surface area (Å²) in [6.45, 7) is 0. The highest BCUT2D eigenvalue weighted by molar-refractivity contribution is 7.99. The Kier molecular flexibility index (Phi) is 3.84. The molecule has 1 heterocycles. The van der Waals surface area contributed by atoms with Crippen LogP contribution in [0.25, 0.3) is 0 Å². The Morgan fingerprint density at radius 1 is 1.28 bits per heavy atom. The summed E-state index contributed by atoms with van der Waals surface area (Å²) in [6, 6.07) is 7.59. The third-order valence-electron chi connectivity index (χ3n) is 2.18. The zero-order valence-corrected chi connectivity index (χ0v) is 10.7. The molecule has 0 saturated carbocycles. The summed E-state index contributed by atoms with van der Waals surface area (Å²) in [4.78, 5) is 4.94. The van der Waals surface area contributed by atoms with Crippen LogP contribution in [0.5, 0.6) is 0 Å². The fourth-order valence-corrected chi connectivity index (χ4v) is 2.46. The maximum absolute atomic E-state index is 12.8. The number of nitrogens with zero attached hydrogens (tertiary/aromatic N) is 1. The topological polar surface area (TPSA) is 62.8 Å². The molecule has 0 saturated heterocycles. The third-order valence-corrected chi connectivity index (χ3v) is 3.68. The average molecular weight is 282 g/mol. The van der Waals surface area contributed by atoms with Crippen molar-refractivity contribution in [3.05, 3.63) is 52.9 Å². The second kappa shape index (κ2) is 5.37. The van der Waals surface area contributed by atoms with Crippen molar-refractivity contribution in [1.82, 2.24) is 4.98 Å². The van der Waals surface area contributed by atoms with E-state index in [2.05, 4.69) is 4.98 Å². The van der Waals surface area contributed by atoms with Crippen molar-refractivity contribution in [2.24, 2.45) is 5.73 Å². The molecule has 0 radical (unpaired) electrons. The molecular formula is C12H9ClFN3S. The summed E-state index contributed by atoms with van der Waals surface area (Å²) in [7, 11) is 0. The van der Waals surface area contributed by atoms with E-state index in [1.54, 1.807) is 18.2 Å². The molecule has 0 unspecified atom stereocenters. The largest absolute Gasteiger partial charge is 0.384 e. The van der Waals surface area contributed by atoms with E-state index >= 15 is 0 Å². The van der Waals surface area contributed by atoms with Gasteiger partial charge in [-0.3, -0.25) is 5.41 Å². The van der Waals surface area contributed by atoms with Gasteiger partial charge in [-0.1, -0.05) is 23.4 Å². The number of hydrogen-bond acceptors (Lipinski definition) is 3. The molecule has 1 aromatic heterocycles. The van der Waals surface area contributed by atoms with Crippen LogP contribution in [0.1, 0.15) is 5.56 Å². The molecular weight excluding hydrogens is 273 g/mol. The lowest BCUT2D eigenvalue weighted by Gasteiger charge is -2.06. The first-order chi connectivity index (χ1) is 8.58.